The van der Waals surface area contributed by atoms with Crippen molar-refractivity contribution < 1.29 is 9.90 Å². The van der Waals surface area contributed by atoms with Gasteiger partial charge in [-0.3, -0.25) is 0 Å². The summed E-state index contributed by atoms with van der Waals surface area (Å²) in [6.07, 6.45) is 1.49. The minimum Gasteiger partial charge on any atom is -0.478 e. The fourth-order valence-electron chi connectivity index (χ4n) is 0.329. The summed E-state index contributed by atoms with van der Waals surface area (Å²) in [5.41, 5.74) is 5.29. The lowest BCUT2D eigenvalue weighted by Crippen LogP contribution is -2.11. The minimum atomic E-state index is -0.935. The number of carboxylic acids is 1. The highest BCUT2D eigenvalue weighted by Crippen LogP contribution is 1.87. The van der Waals surface area contributed by atoms with Crippen LogP contribution in [0.1, 0.15) is 6.92 Å². The molecule has 0 atom stereocenters. The van der Waals surface area contributed by atoms with E-state index in [4.69, 9.17) is 10.8 Å². The van der Waals surface area contributed by atoms with E-state index in [1.807, 2.05) is 0 Å². The van der Waals surface area contributed by atoms with Crippen LogP contribution in [0.4, 0.5) is 0 Å². The number of aliphatic carboxylic acids is 1. The number of allylic oxidation sites excluding steroid dienone is 1. The molecule has 3 heteroatoms. The monoisotopic (exact) mass is 115 g/mol. The van der Waals surface area contributed by atoms with Gasteiger partial charge in [-0.25, -0.2) is 4.79 Å². The highest BCUT2D eigenvalue weighted by Gasteiger charge is 1.99. The zero-order valence-electron chi connectivity index (χ0n) is 4.72. The maximum Gasteiger partial charge on any atom is 0.332 e. The van der Waals surface area contributed by atoms with Crippen LogP contribution in [0.5, 0.6) is 0 Å². The molecule has 8 heavy (non-hydrogen) atoms. The molecule has 0 saturated carbocycles. The molecule has 0 aromatic rings. The Hall–Kier alpha value is -0.830. The molecule has 0 aliphatic rings. The van der Waals surface area contributed by atoms with Gasteiger partial charge in [0.1, 0.15) is 0 Å². The van der Waals surface area contributed by atoms with Crippen LogP contribution in [-0.4, -0.2) is 17.6 Å². The molecule has 0 heterocycles. The van der Waals surface area contributed by atoms with Crippen molar-refractivity contribution >= 4 is 5.97 Å². The lowest BCUT2D eigenvalue weighted by Gasteiger charge is -1.91. The fraction of sp³-hybridized carbons (Fsp3) is 0.400. The van der Waals surface area contributed by atoms with E-state index in [2.05, 4.69) is 0 Å². The molecule has 0 aromatic heterocycles. The van der Waals surface area contributed by atoms with Crippen LogP contribution in [-0.2, 0) is 4.79 Å². The van der Waals surface area contributed by atoms with Gasteiger partial charge in [0.05, 0.1) is 0 Å². The van der Waals surface area contributed by atoms with Gasteiger partial charge in [-0.2, -0.15) is 0 Å². The molecule has 0 fully saturated rings. The highest BCUT2D eigenvalue weighted by molar-refractivity contribution is 5.86. The number of hydrogen-bond acceptors (Lipinski definition) is 2. The molecule has 0 amide bonds. The lowest BCUT2D eigenvalue weighted by atomic mass is 10.3. The lowest BCUT2D eigenvalue weighted by molar-refractivity contribution is -0.132. The summed E-state index contributed by atoms with van der Waals surface area (Å²) in [4.78, 5) is 10.0. The second-order valence-electron chi connectivity index (χ2n) is 1.32. The van der Waals surface area contributed by atoms with Crippen LogP contribution in [0.15, 0.2) is 11.6 Å². The van der Waals surface area contributed by atoms with Crippen molar-refractivity contribution in [2.24, 2.45) is 5.73 Å². The van der Waals surface area contributed by atoms with E-state index in [1.165, 1.54) is 6.08 Å². The predicted octanol–water partition coefficient (Wildman–Crippen LogP) is -0.0240. The second kappa shape index (κ2) is 3.21. The first-order valence-corrected chi connectivity index (χ1v) is 2.31. The van der Waals surface area contributed by atoms with Gasteiger partial charge in [-0.05, 0) is 6.92 Å². The molecule has 0 spiro atoms. The zero-order valence-corrected chi connectivity index (χ0v) is 4.72. The normalized spacial score (nSPS) is 11.5. The first-order valence-electron chi connectivity index (χ1n) is 2.31. The molecule has 3 N–H and O–H groups in total. The summed E-state index contributed by atoms with van der Waals surface area (Å²) >= 11 is 0. The molecule has 0 bridgehead atoms. The Kier molecular flexibility index (Phi) is 2.88. The van der Waals surface area contributed by atoms with Gasteiger partial charge >= 0.3 is 5.97 Å². The van der Waals surface area contributed by atoms with E-state index in [0.29, 0.717) is 0 Å². The Morgan fingerprint density at radius 3 is 2.38 bits per heavy atom. The third-order valence-electron chi connectivity index (χ3n) is 0.843. The van der Waals surface area contributed by atoms with E-state index in [1.54, 1.807) is 6.92 Å². The predicted molar refractivity (Wildman–Crippen MR) is 30.4 cm³/mol. The minimum absolute atomic E-state index is 0.103. The second-order valence-corrected chi connectivity index (χ2v) is 1.32. The Morgan fingerprint density at radius 1 is 1.88 bits per heavy atom. The first-order chi connectivity index (χ1) is 3.72. The van der Waals surface area contributed by atoms with Crippen molar-refractivity contribution in [2.45, 2.75) is 6.92 Å². The maximum atomic E-state index is 10.0. The van der Waals surface area contributed by atoms with Crippen molar-refractivity contribution in [1.82, 2.24) is 0 Å². The standard InChI is InChI=1S/C5H9NO2/c1-2-4(3-6)5(7)8/h2H,3,6H2,1H3,(H,7,8). The molecular formula is C5H9NO2. The molecule has 0 unspecified atom stereocenters. The SMILES string of the molecule is CC=C(CN)C(=O)O. The van der Waals surface area contributed by atoms with Crippen LogP contribution in [0.2, 0.25) is 0 Å². The third kappa shape index (κ3) is 1.75. The van der Waals surface area contributed by atoms with Gasteiger partial charge in [0.25, 0.3) is 0 Å². The van der Waals surface area contributed by atoms with Crippen molar-refractivity contribution in [3.63, 3.8) is 0 Å². The molecule has 0 saturated heterocycles. The fourth-order valence-corrected chi connectivity index (χ4v) is 0.329. The summed E-state index contributed by atoms with van der Waals surface area (Å²) in [7, 11) is 0. The Bertz CT molecular complexity index is 118. The van der Waals surface area contributed by atoms with E-state index in [0.717, 1.165) is 0 Å². The highest BCUT2D eigenvalue weighted by atomic mass is 16.4. The van der Waals surface area contributed by atoms with Gasteiger partial charge in [-0.1, -0.05) is 6.08 Å². The van der Waals surface area contributed by atoms with Gasteiger partial charge in [0.2, 0.25) is 0 Å². The molecule has 0 aromatic carbocycles. The van der Waals surface area contributed by atoms with E-state index in [9.17, 15) is 4.79 Å². The molecule has 0 radical (unpaired) electrons. The van der Waals surface area contributed by atoms with E-state index in [-0.39, 0.29) is 12.1 Å². The number of nitrogens with two attached hydrogens (primary N) is 1. The topological polar surface area (TPSA) is 63.3 Å². The van der Waals surface area contributed by atoms with Crippen LogP contribution < -0.4 is 5.73 Å². The summed E-state index contributed by atoms with van der Waals surface area (Å²) < 4.78 is 0. The summed E-state index contributed by atoms with van der Waals surface area (Å²) in [5, 5.41) is 8.22. The van der Waals surface area contributed by atoms with Gasteiger partial charge in [-0.15, -0.1) is 0 Å². The van der Waals surface area contributed by atoms with Crippen molar-refractivity contribution in [3.8, 4) is 0 Å². The quantitative estimate of drug-likeness (QED) is 0.497. The Morgan fingerprint density at radius 2 is 2.38 bits per heavy atom. The van der Waals surface area contributed by atoms with Gasteiger partial charge in [0.15, 0.2) is 0 Å². The third-order valence-corrected chi connectivity index (χ3v) is 0.843. The molecule has 46 valence electrons. The molecule has 3 nitrogen and oxygen atoms in total. The average Bonchev–Trinajstić information content (AvgIpc) is 1.69. The van der Waals surface area contributed by atoms with Crippen LogP contribution >= 0.6 is 0 Å². The maximum absolute atomic E-state index is 10.0. The van der Waals surface area contributed by atoms with Gasteiger partial charge in [0, 0.05) is 12.1 Å². The van der Waals surface area contributed by atoms with Crippen LogP contribution in [0.25, 0.3) is 0 Å². The summed E-state index contributed by atoms with van der Waals surface area (Å²) in [5.74, 6) is -0.935. The number of carbonyl (C=O) groups is 1. The van der Waals surface area contributed by atoms with E-state index >= 15 is 0 Å². The van der Waals surface area contributed by atoms with Crippen LogP contribution in [0.3, 0.4) is 0 Å². The molecule has 0 aliphatic carbocycles. The smallest absolute Gasteiger partial charge is 0.332 e. The largest absolute Gasteiger partial charge is 0.478 e. The number of carboxylic acid groups (broad SMARTS) is 1. The molecule has 0 aliphatic heterocycles. The molecular weight excluding hydrogens is 106 g/mol. The van der Waals surface area contributed by atoms with E-state index < -0.39 is 5.97 Å². The Balaban J connectivity index is 3.92. The first kappa shape index (κ1) is 7.17. The summed E-state index contributed by atoms with van der Waals surface area (Å²) in [6.45, 7) is 1.75. The van der Waals surface area contributed by atoms with Crippen LogP contribution in [0, 0.1) is 0 Å². The summed E-state index contributed by atoms with van der Waals surface area (Å²) in [6, 6.07) is 0. The Labute approximate surface area is 47.8 Å². The molecule has 0 rings (SSSR count). The van der Waals surface area contributed by atoms with Gasteiger partial charge < -0.3 is 10.8 Å². The zero-order chi connectivity index (χ0) is 6.57. The number of rotatable bonds is 2. The van der Waals surface area contributed by atoms with Crippen molar-refractivity contribution in [3.05, 3.63) is 11.6 Å². The number of hydrogen-bond donors (Lipinski definition) is 2. The van der Waals surface area contributed by atoms with Crippen molar-refractivity contribution in [2.75, 3.05) is 6.54 Å². The van der Waals surface area contributed by atoms with Crippen molar-refractivity contribution in [1.29, 1.82) is 0 Å². The average molecular weight is 115 g/mol.